The van der Waals surface area contributed by atoms with Crippen molar-refractivity contribution in [2.45, 2.75) is 6.54 Å². The average molecular weight is 232 g/mol. The van der Waals surface area contributed by atoms with Crippen LogP contribution in [0.3, 0.4) is 0 Å². The largest absolute Gasteiger partial charge is 0.341 e. The first-order valence-corrected chi connectivity index (χ1v) is 5.14. The Morgan fingerprint density at radius 1 is 1.47 bits per heavy atom. The number of hydrogen-bond donors (Lipinski definition) is 2. The number of para-hydroxylation sites is 1. The standard InChI is InChI=1S/C11H12N4O2/c1-12-7-11-13-6-9(14-11)8-4-2-3-5-10(8)15(16)17/h2-6,12H,7H2,1H3,(H,13,14). The summed E-state index contributed by atoms with van der Waals surface area (Å²) in [4.78, 5) is 17.7. The molecule has 0 amide bonds. The van der Waals surface area contributed by atoms with E-state index in [9.17, 15) is 10.1 Å². The lowest BCUT2D eigenvalue weighted by Crippen LogP contribution is -2.06. The number of benzene rings is 1. The van der Waals surface area contributed by atoms with Gasteiger partial charge in [-0.1, -0.05) is 12.1 Å². The van der Waals surface area contributed by atoms with Gasteiger partial charge in [-0.05, 0) is 13.1 Å². The summed E-state index contributed by atoms with van der Waals surface area (Å²) in [6.07, 6.45) is 1.61. The summed E-state index contributed by atoms with van der Waals surface area (Å²) in [7, 11) is 1.81. The highest BCUT2D eigenvalue weighted by Gasteiger charge is 2.15. The number of rotatable bonds is 4. The summed E-state index contributed by atoms with van der Waals surface area (Å²) in [6.45, 7) is 0.598. The van der Waals surface area contributed by atoms with Gasteiger partial charge < -0.3 is 10.3 Å². The van der Waals surface area contributed by atoms with Gasteiger partial charge in [-0.15, -0.1) is 0 Å². The van der Waals surface area contributed by atoms with E-state index in [2.05, 4.69) is 15.3 Å². The fourth-order valence-electron chi connectivity index (χ4n) is 1.62. The molecule has 2 aromatic rings. The van der Waals surface area contributed by atoms with Crippen LogP contribution in [0.15, 0.2) is 30.5 Å². The molecule has 0 bridgehead atoms. The Morgan fingerprint density at radius 3 is 2.94 bits per heavy atom. The van der Waals surface area contributed by atoms with Gasteiger partial charge in [-0.25, -0.2) is 4.98 Å². The van der Waals surface area contributed by atoms with E-state index in [1.165, 1.54) is 6.07 Å². The number of aromatic amines is 1. The molecule has 0 aliphatic carbocycles. The molecule has 2 N–H and O–H groups in total. The summed E-state index contributed by atoms with van der Waals surface area (Å²) >= 11 is 0. The van der Waals surface area contributed by atoms with Crippen molar-refractivity contribution >= 4 is 5.69 Å². The zero-order valence-corrected chi connectivity index (χ0v) is 9.30. The third kappa shape index (κ3) is 2.31. The molecule has 2 rings (SSSR count). The van der Waals surface area contributed by atoms with Gasteiger partial charge in [-0.3, -0.25) is 10.1 Å². The van der Waals surface area contributed by atoms with Crippen molar-refractivity contribution in [3.63, 3.8) is 0 Å². The van der Waals surface area contributed by atoms with Crippen molar-refractivity contribution < 1.29 is 4.92 Å². The maximum Gasteiger partial charge on any atom is 0.278 e. The van der Waals surface area contributed by atoms with E-state index in [-0.39, 0.29) is 5.69 Å². The minimum Gasteiger partial charge on any atom is -0.341 e. The number of aromatic nitrogens is 2. The normalized spacial score (nSPS) is 10.4. The molecule has 0 radical (unpaired) electrons. The van der Waals surface area contributed by atoms with Gasteiger partial charge in [0.1, 0.15) is 5.82 Å². The molecule has 0 saturated heterocycles. The number of H-pyrrole nitrogens is 1. The van der Waals surface area contributed by atoms with Gasteiger partial charge in [0.2, 0.25) is 0 Å². The highest BCUT2D eigenvalue weighted by Crippen LogP contribution is 2.27. The highest BCUT2D eigenvalue weighted by atomic mass is 16.6. The van der Waals surface area contributed by atoms with Crippen molar-refractivity contribution in [2.24, 2.45) is 0 Å². The number of nitrogens with one attached hydrogen (secondary N) is 2. The van der Waals surface area contributed by atoms with Crippen molar-refractivity contribution in [3.05, 3.63) is 46.4 Å². The van der Waals surface area contributed by atoms with Gasteiger partial charge in [0, 0.05) is 6.07 Å². The summed E-state index contributed by atoms with van der Waals surface area (Å²) in [6, 6.07) is 6.59. The first-order valence-electron chi connectivity index (χ1n) is 5.14. The lowest BCUT2D eigenvalue weighted by atomic mass is 10.1. The highest BCUT2D eigenvalue weighted by molar-refractivity contribution is 5.70. The lowest BCUT2D eigenvalue weighted by molar-refractivity contribution is -0.384. The summed E-state index contributed by atoms with van der Waals surface area (Å²) in [5, 5.41) is 13.8. The van der Waals surface area contributed by atoms with Crippen LogP contribution in [0.4, 0.5) is 5.69 Å². The second-order valence-corrected chi connectivity index (χ2v) is 3.55. The zero-order chi connectivity index (χ0) is 12.3. The van der Waals surface area contributed by atoms with Gasteiger partial charge in [0.15, 0.2) is 0 Å². The van der Waals surface area contributed by atoms with Gasteiger partial charge >= 0.3 is 0 Å². The number of imidazole rings is 1. The van der Waals surface area contributed by atoms with Crippen LogP contribution < -0.4 is 5.32 Å². The van der Waals surface area contributed by atoms with Gasteiger partial charge in [0.25, 0.3) is 5.69 Å². The summed E-state index contributed by atoms with van der Waals surface area (Å²) in [5.41, 5.74) is 1.28. The van der Waals surface area contributed by atoms with E-state index >= 15 is 0 Å². The summed E-state index contributed by atoms with van der Waals surface area (Å²) < 4.78 is 0. The van der Waals surface area contributed by atoms with Crippen LogP contribution in [-0.4, -0.2) is 21.9 Å². The SMILES string of the molecule is CNCc1ncc(-c2ccccc2[N+](=O)[O-])[nH]1. The molecular weight excluding hydrogens is 220 g/mol. The Hall–Kier alpha value is -2.21. The van der Waals surface area contributed by atoms with Crippen molar-refractivity contribution in [3.8, 4) is 11.3 Å². The number of nitrogens with zero attached hydrogens (tertiary/aromatic N) is 2. The van der Waals surface area contributed by atoms with Crippen LogP contribution in [0.2, 0.25) is 0 Å². The quantitative estimate of drug-likeness (QED) is 0.620. The molecule has 0 aliphatic rings. The predicted octanol–water partition coefficient (Wildman–Crippen LogP) is 1.70. The monoisotopic (exact) mass is 232 g/mol. The van der Waals surface area contributed by atoms with E-state index in [0.29, 0.717) is 17.8 Å². The second kappa shape index (κ2) is 4.75. The average Bonchev–Trinajstić information content (AvgIpc) is 2.78. The fourth-order valence-corrected chi connectivity index (χ4v) is 1.62. The third-order valence-electron chi connectivity index (χ3n) is 2.36. The van der Waals surface area contributed by atoms with Gasteiger partial charge in [-0.2, -0.15) is 0 Å². The van der Waals surface area contributed by atoms with Crippen LogP contribution in [0.25, 0.3) is 11.3 Å². The van der Waals surface area contributed by atoms with Crippen molar-refractivity contribution in [2.75, 3.05) is 7.05 Å². The Kier molecular flexibility index (Phi) is 3.15. The minimum atomic E-state index is -0.395. The molecule has 0 saturated carbocycles. The maximum absolute atomic E-state index is 10.9. The molecule has 0 aliphatic heterocycles. The Morgan fingerprint density at radius 2 is 2.24 bits per heavy atom. The molecule has 1 aromatic carbocycles. The topological polar surface area (TPSA) is 83.8 Å². The predicted molar refractivity (Wildman–Crippen MR) is 63.4 cm³/mol. The molecular formula is C11H12N4O2. The number of nitro benzene ring substituents is 1. The van der Waals surface area contributed by atoms with E-state index in [1.807, 2.05) is 7.05 Å². The van der Waals surface area contributed by atoms with Crippen molar-refractivity contribution in [1.82, 2.24) is 15.3 Å². The molecule has 17 heavy (non-hydrogen) atoms. The minimum absolute atomic E-state index is 0.0761. The summed E-state index contributed by atoms with van der Waals surface area (Å²) in [5.74, 6) is 0.751. The zero-order valence-electron chi connectivity index (χ0n) is 9.30. The molecule has 88 valence electrons. The van der Waals surface area contributed by atoms with E-state index < -0.39 is 4.92 Å². The van der Waals surface area contributed by atoms with Crippen LogP contribution in [-0.2, 0) is 6.54 Å². The fraction of sp³-hybridized carbons (Fsp3) is 0.182. The molecule has 1 aromatic heterocycles. The molecule has 0 unspecified atom stereocenters. The first kappa shape index (κ1) is 11.3. The Balaban J connectivity index is 2.41. The van der Waals surface area contributed by atoms with Crippen LogP contribution in [0, 0.1) is 10.1 Å². The van der Waals surface area contributed by atoms with E-state index in [0.717, 1.165) is 5.82 Å². The van der Waals surface area contributed by atoms with Crippen LogP contribution in [0.5, 0.6) is 0 Å². The number of hydrogen-bond acceptors (Lipinski definition) is 4. The van der Waals surface area contributed by atoms with Gasteiger partial charge in [0.05, 0.1) is 28.9 Å². The lowest BCUT2D eigenvalue weighted by Gasteiger charge is -1.99. The van der Waals surface area contributed by atoms with E-state index in [1.54, 1.807) is 24.4 Å². The smallest absolute Gasteiger partial charge is 0.278 e. The first-order chi connectivity index (χ1) is 8.22. The molecule has 0 atom stereocenters. The molecule has 1 heterocycles. The molecule has 0 spiro atoms. The molecule has 0 fully saturated rings. The van der Waals surface area contributed by atoms with Crippen molar-refractivity contribution in [1.29, 1.82) is 0 Å². The second-order valence-electron chi connectivity index (χ2n) is 3.55. The van der Waals surface area contributed by atoms with Crippen LogP contribution >= 0.6 is 0 Å². The maximum atomic E-state index is 10.9. The molecule has 6 nitrogen and oxygen atoms in total. The Labute approximate surface area is 97.9 Å². The Bertz CT molecular complexity index is 536. The third-order valence-corrected chi connectivity index (χ3v) is 2.36. The number of nitro groups is 1. The molecule has 6 heteroatoms. The van der Waals surface area contributed by atoms with E-state index in [4.69, 9.17) is 0 Å². The van der Waals surface area contributed by atoms with Crippen LogP contribution in [0.1, 0.15) is 5.82 Å².